The van der Waals surface area contributed by atoms with Crippen LogP contribution >= 0.6 is 0 Å². The van der Waals surface area contributed by atoms with Gasteiger partial charge in [0.1, 0.15) is 5.65 Å². The smallest absolute Gasteiger partial charge is 0.329 e. The summed E-state index contributed by atoms with van der Waals surface area (Å²) < 4.78 is 4.47. The number of hydrogen-bond donors (Lipinski definition) is 1. The molecule has 0 fully saturated rings. The number of nitrogens with two attached hydrogens (primary N) is 1. The second-order valence-electron chi connectivity index (χ2n) is 5.05. The van der Waals surface area contributed by atoms with Gasteiger partial charge in [0.15, 0.2) is 5.52 Å². The lowest BCUT2D eigenvalue weighted by Crippen LogP contribution is -2.39. The molecule has 0 aromatic carbocycles. The average molecular weight is 265 g/mol. The van der Waals surface area contributed by atoms with Gasteiger partial charge in [0, 0.05) is 26.7 Å². The fourth-order valence-electron chi connectivity index (χ4n) is 2.16. The zero-order valence-corrected chi connectivity index (χ0v) is 11.5. The van der Waals surface area contributed by atoms with E-state index in [1.165, 1.54) is 7.05 Å². The molecule has 0 radical (unpaired) electrons. The highest BCUT2D eigenvalue weighted by Crippen LogP contribution is 2.09. The number of aromatic nitrogens is 4. The van der Waals surface area contributed by atoms with Crippen molar-refractivity contribution in [2.45, 2.75) is 26.9 Å². The summed E-state index contributed by atoms with van der Waals surface area (Å²) in [5.41, 5.74) is 5.75. The van der Waals surface area contributed by atoms with Gasteiger partial charge in [0.2, 0.25) is 0 Å². The third-order valence-corrected chi connectivity index (χ3v) is 3.01. The third-order valence-electron chi connectivity index (χ3n) is 3.01. The second-order valence-corrected chi connectivity index (χ2v) is 5.05. The van der Waals surface area contributed by atoms with Crippen molar-refractivity contribution in [2.24, 2.45) is 18.7 Å². The van der Waals surface area contributed by atoms with Gasteiger partial charge in [-0.25, -0.2) is 9.78 Å². The van der Waals surface area contributed by atoms with Crippen molar-refractivity contribution >= 4 is 11.2 Å². The third kappa shape index (κ3) is 2.21. The van der Waals surface area contributed by atoms with Gasteiger partial charge in [-0.15, -0.1) is 0 Å². The summed E-state index contributed by atoms with van der Waals surface area (Å²) in [7, 11) is 1.48. The predicted octanol–water partition coefficient (Wildman–Crippen LogP) is -0.489. The van der Waals surface area contributed by atoms with Crippen molar-refractivity contribution in [2.75, 3.05) is 6.54 Å². The van der Waals surface area contributed by atoms with E-state index in [-0.39, 0.29) is 11.2 Å². The topological polar surface area (TPSA) is 87.8 Å². The van der Waals surface area contributed by atoms with Gasteiger partial charge in [0.05, 0.1) is 6.33 Å². The Hall–Kier alpha value is -1.89. The molecule has 2 N–H and O–H groups in total. The Morgan fingerprint density at radius 2 is 2.05 bits per heavy atom. The SMILES string of the molecule is CC(C)Cn1c(=O)n(C)c(=O)c2ncn(CCN)c21. The minimum Gasteiger partial charge on any atom is -0.329 e. The molecule has 0 bridgehead atoms. The molecule has 2 heterocycles. The van der Waals surface area contributed by atoms with Crippen LogP contribution in [-0.2, 0) is 20.1 Å². The van der Waals surface area contributed by atoms with Gasteiger partial charge in [0.25, 0.3) is 5.56 Å². The van der Waals surface area contributed by atoms with Crippen molar-refractivity contribution in [1.82, 2.24) is 18.7 Å². The van der Waals surface area contributed by atoms with Gasteiger partial charge in [-0.1, -0.05) is 13.8 Å². The molecule has 104 valence electrons. The highest BCUT2D eigenvalue weighted by atomic mass is 16.2. The Balaban J connectivity index is 2.85. The Morgan fingerprint density at radius 1 is 1.37 bits per heavy atom. The highest BCUT2D eigenvalue weighted by molar-refractivity contribution is 5.69. The van der Waals surface area contributed by atoms with Crippen LogP contribution in [-0.4, -0.2) is 25.2 Å². The van der Waals surface area contributed by atoms with Crippen LogP contribution in [0.25, 0.3) is 11.2 Å². The lowest BCUT2D eigenvalue weighted by atomic mass is 10.2. The molecule has 0 aliphatic rings. The van der Waals surface area contributed by atoms with Crippen molar-refractivity contribution in [1.29, 1.82) is 0 Å². The quantitative estimate of drug-likeness (QED) is 0.808. The van der Waals surface area contributed by atoms with E-state index in [0.717, 1.165) is 4.57 Å². The number of imidazole rings is 1. The molecule has 0 spiro atoms. The number of fused-ring (bicyclic) bond motifs is 1. The molecular weight excluding hydrogens is 246 g/mol. The van der Waals surface area contributed by atoms with Crippen LogP contribution in [0.5, 0.6) is 0 Å². The maximum atomic E-state index is 12.2. The van der Waals surface area contributed by atoms with Crippen LogP contribution < -0.4 is 17.0 Å². The largest absolute Gasteiger partial charge is 0.332 e. The van der Waals surface area contributed by atoms with Gasteiger partial charge in [-0.05, 0) is 5.92 Å². The maximum Gasteiger partial charge on any atom is 0.332 e. The predicted molar refractivity (Wildman–Crippen MR) is 73.1 cm³/mol. The number of nitrogens with zero attached hydrogens (tertiary/aromatic N) is 4. The molecule has 7 nitrogen and oxygen atoms in total. The van der Waals surface area contributed by atoms with Crippen LogP contribution in [0.3, 0.4) is 0 Å². The normalized spacial score (nSPS) is 11.6. The Bertz CT molecular complexity index is 707. The molecule has 2 aromatic rings. The monoisotopic (exact) mass is 265 g/mol. The van der Waals surface area contributed by atoms with E-state index in [1.807, 2.05) is 13.8 Å². The Kier molecular flexibility index (Phi) is 3.57. The molecular formula is C12H19N5O2. The van der Waals surface area contributed by atoms with E-state index in [2.05, 4.69) is 4.98 Å². The molecule has 0 aliphatic heterocycles. The minimum atomic E-state index is -0.365. The van der Waals surface area contributed by atoms with Crippen LogP contribution in [0, 0.1) is 5.92 Å². The summed E-state index contributed by atoms with van der Waals surface area (Å²) in [4.78, 5) is 28.4. The van der Waals surface area contributed by atoms with E-state index < -0.39 is 0 Å². The van der Waals surface area contributed by atoms with E-state index in [1.54, 1.807) is 15.5 Å². The summed E-state index contributed by atoms with van der Waals surface area (Å²) in [5, 5.41) is 0. The molecule has 7 heteroatoms. The van der Waals surface area contributed by atoms with Gasteiger partial charge in [-0.2, -0.15) is 0 Å². The van der Waals surface area contributed by atoms with E-state index >= 15 is 0 Å². The molecule has 0 aliphatic carbocycles. The number of rotatable bonds is 4. The van der Waals surface area contributed by atoms with E-state index in [0.29, 0.717) is 36.7 Å². The zero-order chi connectivity index (χ0) is 14.2. The average Bonchev–Trinajstić information content (AvgIpc) is 2.76. The molecule has 2 aromatic heterocycles. The second kappa shape index (κ2) is 5.00. The molecule has 0 atom stereocenters. The fourth-order valence-corrected chi connectivity index (χ4v) is 2.16. The number of hydrogen-bond acceptors (Lipinski definition) is 4. The molecule has 0 amide bonds. The molecule has 0 saturated carbocycles. The molecule has 19 heavy (non-hydrogen) atoms. The maximum absolute atomic E-state index is 12.2. The van der Waals surface area contributed by atoms with Gasteiger partial charge in [-0.3, -0.25) is 13.9 Å². The van der Waals surface area contributed by atoms with Gasteiger partial charge < -0.3 is 10.3 Å². The lowest BCUT2D eigenvalue weighted by Gasteiger charge is -2.13. The summed E-state index contributed by atoms with van der Waals surface area (Å²) in [6.07, 6.45) is 1.56. The van der Waals surface area contributed by atoms with Crippen molar-refractivity contribution in [3.05, 3.63) is 27.2 Å². The first-order chi connectivity index (χ1) is 8.97. The molecule has 0 unspecified atom stereocenters. The minimum absolute atomic E-state index is 0.291. The standard InChI is InChI=1S/C12H19N5O2/c1-8(2)6-17-10-9(11(18)15(3)12(17)19)14-7-16(10)5-4-13/h7-8H,4-6,13H2,1-3H3. The zero-order valence-electron chi connectivity index (χ0n) is 11.5. The van der Waals surface area contributed by atoms with Crippen molar-refractivity contribution < 1.29 is 0 Å². The van der Waals surface area contributed by atoms with E-state index in [4.69, 9.17) is 5.73 Å². The Labute approximate surface area is 110 Å². The van der Waals surface area contributed by atoms with Crippen LogP contribution in [0.2, 0.25) is 0 Å². The summed E-state index contributed by atoms with van der Waals surface area (Å²) in [6, 6.07) is 0. The van der Waals surface area contributed by atoms with E-state index in [9.17, 15) is 9.59 Å². The first-order valence-electron chi connectivity index (χ1n) is 6.32. The summed E-state index contributed by atoms with van der Waals surface area (Å²) in [6.45, 7) is 5.54. The van der Waals surface area contributed by atoms with Crippen LogP contribution in [0.15, 0.2) is 15.9 Å². The van der Waals surface area contributed by atoms with Crippen LogP contribution in [0.1, 0.15) is 13.8 Å². The first kappa shape index (κ1) is 13.5. The highest BCUT2D eigenvalue weighted by Gasteiger charge is 2.16. The fraction of sp³-hybridized carbons (Fsp3) is 0.583. The summed E-state index contributed by atoms with van der Waals surface area (Å²) in [5.74, 6) is 0.291. The first-order valence-corrected chi connectivity index (χ1v) is 6.32. The Morgan fingerprint density at radius 3 is 2.63 bits per heavy atom. The van der Waals surface area contributed by atoms with Crippen molar-refractivity contribution in [3.63, 3.8) is 0 Å². The lowest BCUT2D eigenvalue weighted by molar-refractivity contribution is 0.493. The molecule has 2 rings (SSSR count). The summed E-state index contributed by atoms with van der Waals surface area (Å²) >= 11 is 0. The van der Waals surface area contributed by atoms with Crippen molar-refractivity contribution in [3.8, 4) is 0 Å². The molecule has 0 saturated heterocycles. The van der Waals surface area contributed by atoms with Crippen LogP contribution in [0.4, 0.5) is 0 Å². The van der Waals surface area contributed by atoms with Gasteiger partial charge >= 0.3 is 5.69 Å².